The topological polar surface area (TPSA) is 142 Å². The molecule has 3 amide bonds. The number of nitrogens with zero attached hydrogens (tertiary/aromatic N) is 3. The molecular weight excluding hydrogens is 574 g/mol. The van der Waals surface area contributed by atoms with Gasteiger partial charge in [0.1, 0.15) is 15.5 Å². The Balaban J connectivity index is 1.47. The maximum atomic E-state index is 13.3. The lowest BCUT2D eigenvalue weighted by Crippen LogP contribution is -2.46. The third kappa shape index (κ3) is 5.25. The van der Waals surface area contributed by atoms with Gasteiger partial charge in [-0.15, -0.1) is 11.3 Å². The molecule has 3 N–H and O–H groups in total. The highest BCUT2D eigenvalue weighted by Crippen LogP contribution is 2.38. The average Bonchev–Trinajstić information content (AvgIpc) is 3.48. The molecule has 0 unspecified atom stereocenters. The van der Waals surface area contributed by atoms with Crippen LogP contribution in [0.2, 0.25) is 5.02 Å². The number of carbonyl (C=O) groups is 2. The van der Waals surface area contributed by atoms with Gasteiger partial charge in [0, 0.05) is 29.9 Å². The standard InChI is InChI=1S/C27H24ClN5O5S2/c1-27(2)24(35)32-26(36)33(27)13-12-29-25-30-15-20(16-4-3-5-18(34)14-16)23(31-25)21-10-11-22(39-21)40(37,38)19-8-6-17(28)7-9-19/h3-11,14-15,34H,12-13H2,1-2H3,(H,29,30,31)(H,32,35,36). The lowest BCUT2D eigenvalue weighted by atomic mass is 10.0. The summed E-state index contributed by atoms with van der Waals surface area (Å²) in [7, 11) is -3.79. The van der Waals surface area contributed by atoms with Crippen LogP contribution in [0.15, 0.2) is 76.0 Å². The maximum absolute atomic E-state index is 13.3. The fraction of sp³-hybridized carbons (Fsp3) is 0.185. The second-order valence-electron chi connectivity index (χ2n) is 9.48. The van der Waals surface area contributed by atoms with Crippen LogP contribution < -0.4 is 10.6 Å². The van der Waals surface area contributed by atoms with Gasteiger partial charge in [0.05, 0.1) is 15.5 Å². The number of nitrogens with one attached hydrogen (secondary N) is 2. The Labute approximate surface area is 239 Å². The number of carbonyl (C=O) groups excluding carboxylic acids is 2. The highest BCUT2D eigenvalue weighted by atomic mass is 35.5. The molecule has 0 saturated carbocycles. The lowest BCUT2D eigenvalue weighted by molar-refractivity contribution is -0.125. The van der Waals surface area contributed by atoms with Crippen molar-refractivity contribution in [2.24, 2.45) is 0 Å². The van der Waals surface area contributed by atoms with Gasteiger partial charge in [-0.3, -0.25) is 10.1 Å². The first kappa shape index (κ1) is 27.6. The Bertz CT molecular complexity index is 1720. The minimum Gasteiger partial charge on any atom is -0.508 e. The second-order valence-corrected chi connectivity index (χ2v) is 13.2. The minimum atomic E-state index is -3.79. The molecule has 0 atom stereocenters. The van der Waals surface area contributed by atoms with Crippen LogP contribution in [-0.4, -0.2) is 59.0 Å². The number of aromatic hydroxyl groups is 1. The van der Waals surface area contributed by atoms with E-state index < -0.39 is 21.4 Å². The molecule has 5 rings (SSSR count). The Hall–Kier alpha value is -4.00. The second kappa shape index (κ2) is 10.5. The SMILES string of the molecule is CC1(C)C(=O)NC(=O)N1CCNc1ncc(-c2cccc(O)c2)c(-c2ccc(S(=O)(=O)c3ccc(Cl)cc3)s2)n1. The molecule has 1 saturated heterocycles. The normalized spacial score (nSPS) is 14.8. The van der Waals surface area contributed by atoms with Crippen LogP contribution in [0.3, 0.4) is 0 Å². The van der Waals surface area contributed by atoms with Crippen LogP contribution in [0, 0.1) is 0 Å². The molecule has 1 fully saturated rings. The number of urea groups is 1. The predicted molar refractivity (Wildman–Crippen MR) is 152 cm³/mol. The molecule has 0 bridgehead atoms. The van der Waals surface area contributed by atoms with Gasteiger partial charge < -0.3 is 15.3 Å². The van der Waals surface area contributed by atoms with Gasteiger partial charge in [-0.25, -0.2) is 23.2 Å². The van der Waals surface area contributed by atoms with Crippen LogP contribution in [0.5, 0.6) is 5.75 Å². The van der Waals surface area contributed by atoms with Gasteiger partial charge in [0.25, 0.3) is 5.91 Å². The van der Waals surface area contributed by atoms with Crippen LogP contribution >= 0.6 is 22.9 Å². The van der Waals surface area contributed by atoms with Crippen molar-refractivity contribution in [2.45, 2.75) is 28.5 Å². The number of hydrogen-bond acceptors (Lipinski definition) is 9. The van der Waals surface area contributed by atoms with Crippen LogP contribution in [-0.2, 0) is 14.6 Å². The summed E-state index contributed by atoms with van der Waals surface area (Å²) in [5, 5.41) is 15.9. The highest BCUT2D eigenvalue weighted by molar-refractivity contribution is 7.93. The molecule has 13 heteroatoms. The molecule has 0 spiro atoms. The fourth-order valence-electron chi connectivity index (χ4n) is 4.22. The summed E-state index contributed by atoms with van der Waals surface area (Å²) in [5.74, 6) is -0.0596. The van der Waals surface area contributed by atoms with E-state index in [4.69, 9.17) is 11.6 Å². The molecule has 0 radical (unpaired) electrons. The van der Waals surface area contributed by atoms with Crippen molar-refractivity contribution in [2.75, 3.05) is 18.4 Å². The number of phenolic OH excluding ortho intramolecular Hbond substituents is 1. The van der Waals surface area contributed by atoms with E-state index in [0.717, 1.165) is 11.3 Å². The van der Waals surface area contributed by atoms with Crippen LogP contribution in [0.25, 0.3) is 21.7 Å². The first-order valence-electron chi connectivity index (χ1n) is 12.1. The van der Waals surface area contributed by atoms with E-state index in [1.54, 1.807) is 50.4 Å². The summed E-state index contributed by atoms with van der Waals surface area (Å²) >= 11 is 6.98. The fourth-order valence-corrected chi connectivity index (χ4v) is 7.05. The van der Waals surface area contributed by atoms with Crippen molar-refractivity contribution in [1.82, 2.24) is 20.2 Å². The zero-order valence-corrected chi connectivity index (χ0v) is 23.8. The lowest BCUT2D eigenvalue weighted by Gasteiger charge is -2.27. The monoisotopic (exact) mass is 597 g/mol. The van der Waals surface area contributed by atoms with E-state index in [0.29, 0.717) is 26.7 Å². The van der Waals surface area contributed by atoms with E-state index in [1.807, 2.05) is 0 Å². The van der Waals surface area contributed by atoms with Crippen LogP contribution in [0.1, 0.15) is 13.8 Å². The molecule has 1 aliphatic heterocycles. The number of halogens is 1. The van der Waals surface area contributed by atoms with Crippen molar-refractivity contribution < 1.29 is 23.1 Å². The van der Waals surface area contributed by atoms with Crippen molar-refractivity contribution >= 4 is 50.7 Å². The third-order valence-corrected chi connectivity index (χ3v) is 10.1. The maximum Gasteiger partial charge on any atom is 0.325 e. The Morgan fingerprint density at radius 1 is 1.10 bits per heavy atom. The summed E-state index contributed by atoms with van der Waals surface area (Å²) in [5.41, 5.74) is 0.711. The average molecular weight is 598 g/mol. The predicted octanol–water partition coefficient (Wildman–Crippen LogP) is 4.81. The molecule has 2 aromatic heterocycles. The van der Waals surface area contributed by atoms with Gasteiger partial charge in [-0.05, 0) is 67.9 Å². The quantitative estimate of drug-likeness (QED) is 0.246. The number of amides is 3. The molecule has 4 aromatic rings. The Morgan fingerprint density at radius 2 is 1.85 bits per heavy atom. The Kier molecular flexibility index (Phi) is 7.25. The molecular formula is C27H24ClN5O5S2. The van der Waals surface area contributed by atoms with E-state index in [9.17, 15) is 23.1 Å². The smallest absolute Gasteiger partial charge is 0.325 e. The summed E-state index contributed by atoms with van der Waals surface area (Å²) in [6.45, 7) is 3.81. The van der Waals surface area contributed by atoms with Crippen LogP contribution in [0.4, 0.5) is 10.7 Å². The minimum absolute atomic E-state index is 0.0592. The number of rotatable bonds is 8. The van der Waals surface area contributed by atoms with Crippen molar-refractivity contribution in [3.63, 3.8) is 0 Å². The molecule has 10 nitrogen and oxygen atoms in total. The molecule has 0 aliphatic carbocycles. The van der Waals surface area contributed by atoms with Crippen molar-refractivity contribution in [3.8, 4) is 27.4 Å². The zero-order chi connectivity index (χ0) is 28.7. The van der Waals surface area contributed by atoms with Gasteiger partial charge in [0.15, 0.2) is 0 Å². The first-order chi connectivity index (χ1) is 19.0. The number of hydrogen-bond donors (Lipinski definition) is 3. The number of thiophene rings is 1. The Morgan fingerprint density at radius 3 is 2.52 bits per heavy atom. The van der Waals surface area contributed by atoms with Gasteiger partial charge in [-0.1, -0.05) is 23.7 Å². The number of aromatic nitrogens is 2. The molecule has 2 aromatic carbocycles. The molecule has 1 aliphatic rings. The van der Waals surface area contributed by atoms with Crippen molar-refractivity contribution in [1.29, 1.82) is 0 Å². The summed E-state index contributed by atoms with van der Waals surface area (Å²) in [4.78, 5) is 35.4. The van der Waals surface area contributed by atoms with E-state index in [-0.39, 0.29) is 39.8 Å². The van der Waals surface area contributed by atoms with E-state index in [2.05, 4.69) is 20.6 Å². The first-order valence-corrected chi connectivity index (χ1v) is 14.8. The van der Waals surface area contributed by atoms with Gasteiger partial charge in [-0.2, -0.15) is 0 Å². The number of phenols is 1. The van der Waals surface area contributed by atoms with Gasteiger partial charge in [0.2, 0.25) is 15.8 Å². The number of sulfone groups is 1. The molecule has 206 valence electrons. The number of imide groups is 1. The summed E-state index contributed by atoms with van der Waals surface area (Å²) < 4.78 is 26.6. The molecule has 40 heavy (non-hydrogen) atoms. The largest absolute Gasteiger partial charge is 0.508 e. The number of benzene rings is 2. The van der Waals surface area contributed by atoms with Gasteiger partial charge >= 0.3 is 6.03 Å². The highest BCUT2D eigenvalue weighted by Gasteiger charge is 2.45. The van der Waals surface area contributed by atoms with Crippen molar-refractivity contribution in [3.05, 3.63) is 71.9 Å². The third-order valence-electron chi connectivity index (χ3n) is 6.46. The number of anilines is 1. The zero-order valence-electron chi connectivity index (χ0n) is 21.4. The van der Waals surface area contributed by atoms with E-state index >= 15 is 0 Å². The van der Waals surface area contributed by atoms with E-state index in [1.165, 1.54) is 35.2 Å². The molecule has 3 heterocycles. The summed E-state index contributed by atoms with van der Waals surface area (Å²) in [6.07, 6.45) is 1.59. The summed E-state index contributed by atoms with van der Waals surface area (Å²) in [6, 6.07) is 15.3.